The number of imide groups is 1. The topological polar surface area (TPSA) is 62.6 Å². The average Bonchev–Trinajstić information content (AvgIpc) is 3.09. The van der Waals surface area contributed by atoms with E-state index in [1.165, 1.54) is 16.7 Å². The fraction of sp³-hybridized carbons (Fsp3) is 0.176. The maximum atomic E-state index is 12.1. The van der Waals surface area contributed by atoms with Gasteiger partial charge in [0.1, 0.15) is 11.5 Å². The number of benzene rings is 1. The van der Waals surface area contributed by atoms with Crippen molar-refractivity contribution in [3.05, 3.63) is 53.9 Å². The molecule has 1 aliphatic rings. The standard InChI is InChI=1S/C17H16N2O3S/c1-2-10-19-16(20)14(18-17(19)21)11-12-8-9-15(22-12)23-13-6-4-3-5-7-13/h3-9,11H,2,10H2,1H3,(H,18,21)/b14-11+. The zero-order valence-electron chi connectivity index (χ0n) is 12.6. The Morgan fingerprint density at radius 1 is 1.17 bits per heavy atom. The first-order chi connectivity index (χ1) is 11.2. The minimum Gasteiger partial charge on any atom is -0.450 e. The van der Waals surface area contributed by atoms with Crippen molar-refractivity contribution in [3.63, 3.8) is 0 Å². The third kappa shape index (κ3) is 3.48. The molecule has 2 aromatic rings. The number of amides is 3. The van der Waals surface area contributed by atoms with Crippen LogP contribution in [-0.4, -0.2) is 23.4 Å². The zero-order chi connectivity index (χ0) is 16.2. The fourth-order valence-corrected chi connectivity index (χ4v) is 3.01. The van der Waals surface area contributed by atoms with Crippen molar-refractivity contribution in [2.75, 3.05) is 6.54 Å². The van der Waals surface area contributed by atoms with Crippen LogP contribution < -0.4 is 5.32 Å². The Labute approximate surface area is 138 Å². The van der Waals surface area contributed by atoms with Crippen LogP contribution in [0.5, 0.6) is 0 Å². The number of nitrogens with zero attached hydrogens (tertiary/aromatic N) is 1. The molecule has 1 aromatic heterocycles. The molecule has 0 unspecified atom stereocenters. The summed E-state index contributed by atoms with van der Waals surface area (Å²) in [6.45, 7) is 2.33. The first kappa shape index (κ1) is 15.4. The van der Waals surface area contributed by atoms with Crippen LogP contribution in [0.2, 0.25) is 0 Å². The van der Waals surface area contributed by atoms with Crippen molar-refractivity contribution in [1.82, 2.24) is 10.2 Å². The second kappa shape index (κ2) is 6.75. The lowest BCUT2D eigenvalue weighted by Gasteiger charge is -2.08. The number of hydrogen-bond donors (Lipinski definition) is 1. The highest BCUT2D eigenvalue weighted by Crippen LogP contribution is 2.29. The number of hydrogen-bond acceptors (Lipinski definition) is 4. The van der Waals surface area contributed by atoms with Crippen molar-refractivity contribution in [1.29, 1.82) is 0 Å². The van der Waals surface area contributed by atoms with Gasteiger partial charge in [-0.1, -0.05) is 36.9 Å². The lowest BCUT2D eigenvalue weighted by Crippen LogP contribution is -2.31. The van der Waals surface area contributed by atoms with Gasteiger partial charge in [-0.15, -0.1) is 0 Å². The molecule has 1 N–H and O–H groups in total. The fourth-order valence-electron chi connectivity index (χ4n) is 2.21. The molecule has 6 heteroatoms. The van der Waals surface area contributed by atoms with Gasteiger partial charge < -0.3 is 9.73 Å². The molecule has 1 aliphatic heterocycles. The summed E-state index contributed by atoms with van der Waals surface area (Å²) >= 11 is 1.50. The van der Waals surface area contributed by atoms with Crippen LogP contribution in [0, 0.1) is 0 Å². The molecule has 0 bridgehead atoms. The van der Waals surface area contributed by atoms with E-state index in [0.29, 0.717) is 12.3 Å². The Balaban J connectivity index is 1.74. The van der Waals surface area contributed by atoms with Gasteiger partial charge in [0.25, 0.3) is 5.91 Å². The maximum Gasteiger partial charge on any atom is 0.329 e. The van der Waals surface area contributed by atoms with Crippen molar-refractivity contribution in [2.45, 2.75) is 23.3 Å². The third-order valence-corrected chi connectivity index (χ3v) is 4.19. The van der Waals surface area contributed by atoms with Crippen LogP contribution in [0.1, 0.15) is 19.1 Å². The lowest BCUT2D eigenvalue weighted by molar-refractivity contribution is -0.122. The summed E-state index contributed by atoms with van der Waals surface area (Å²) in [5.74, 6) is 0.218. The van der Waals surface area contributed by atoms with Gasteiger partial charge in [-0.05, 0) is 30.7 Å². The van der Waals surface area contributed by atoms with E-state index in [1.54, 1.807) is 12.1 Å². The second-order valence-corrected chi connectivity index (χ2v) is 6.09. The first-order valence-electron chi connectivity index (χ1n) is 7.34. The van der Waals surface area contributed by atoms with Crippen LogP contribution in [0.15, 0.2) is 62.6 Å². The predicted molar refractivity (Wildman–Crippen MR) is 87.8 cm³/mol. The lowest BCUT2D eigenvalue weighted by atomic mass is 10.3. The van der Waals surface area contributed by atoms with Gasteiger partial charge >= 0.3 is 6.03 Å². The van der Waals surface area contributed by atoms with Crippen molar-refractivity contribution in [3.8, 4) is 0 Å². The molecule has 3 amide bonds. The molecule has 0 aliphatic carbocycles. The van der Waals surface area contributed by atoms with Crippen LogP contribution >= 0.6 is 11.8 Å². The van der Waals surface area contributed by atoms with Gasteiger partial charge in [-0.3, -0.25) is 9.69 Å². The van der Waals surface area contributed by atoms with Crippen molar-refractivity contribution < 1.29 is 14.0 Å². The monoisotopic (exact) mass is 328 g/mol. The molecule has 0 spiro atoms. The van der Waals surface area contributed by atoms with E-state index >= 15 is 0 Å². The summed E-state index contributed by atoms with van der Waals surface area (Å²) in [5, 5.41) is 3.30. The Hall–Kier alpha value is -2.47. The highest BCUT2D eigenvalue weighted by molar-refractivity contribution is 7.99. The molecule has 1 fully saturated rings. The smallest absolute Gasteiger partial charge is 0.329 e. The number of rotatable bonds is 5. The van der Waals surface area contributed by atoms with Gasteiger partial charge in [-0.2, -0.15) is 0 Å². The minimum absolute atomic E-state index is 0.245. The molecule has 118 valence electrons. The summed E-state index contributed by atoms with van der Waals surface area (Å²) in [6.07, 6.45) is 2.29. The van der Waals surface area contributed by atoms with E-state index in [9.17, 15) is 9.59 Å². The van der Waals surface area contributed by atoms with Gasteiger partial charge in [0.2, 0.25) is 0 Å². The van der Waals surface area contributed by atoms with Gasteiger partial charge in [-0.25, -0.2) is 4.79 Å². The van der Waals surface area contributed by atoms with Crippen LogP contribution in [0.25, 0.3) is 6.08 Å². The Kier molecular flexibility index (Phi) is 4.52. The maximum absolute atomic E-state index is 12.1. The summed E-state index contributed by atoms with van der Waals surface area (Å²) in [6, 6.07) is 13.1. The predicted octanol–water partition coefficient (Wildman–Crippen LogP) is 3.73. The molecule has 2 heterocycles. The minimum atomic E-state index is -0.381. The normalized spacial score (nSPS) is 16.2. The SMILES string of the molecule is CCCN1C(=O)N/C(=C/c2ccc(Sc3ccccc3)o2)C1=O. The highest BCUT2D eigenvalue weighted by Gasteiger charge is 2.32. The summed E-state index contributed by atoms with van der Waals surface area (Å²) < 4.78 is 5.69. The van der Waals surface area contributed by atoms with E-state index in [-0.39, 0.29) is 17.6 Å². The van der Waals surface area contributed by atoms with Crippen LogP contribution in [0.3, 0.4) is 0 Å². The summed E-state index contributed by atoms with van der Waals surface area (Å²) in [7, 11) is 0. The quantitative estimate of drug-likeness (QED) is 0.671. The molecule has 0 atom stereocenters. The van der Waals surface area contributed by atoms with Crippen molar-refractivity contribution >= 4 is 29.8 Å². The molecule has 5 nitrogen and oxygen atoms in total. The molecule has 23 heavy (non-hydrogen) atoms. The Morgan fingerprint density at radius 2 is 1.96 bits per heavy atom. The van der Waals surface area contributed by atoms with Gasteiger partial charge in [0.05, 0.1) is 0 Å². The molecular weight excluding hydrogens is 312 g/mol. The number of urea groups is 1. The van der Waals surface area contributed by atoms with Crippen molar-refractivity contribution in [2.24, 2.45) is 0 Å². The molecule has 0 saturated carbocycles. The molecule has 1 aromatic carbocycles. The zero-order valence-corrected chi connectivity index (χ0v) is 13.4. The number of nitrogens with one attached hydrogen (secondary N) is 1. The number of furan rings is 1. The van der Waals surface area contributed by atoms with E-state index in [0.717, 1.165) is 16.4 Å². The van der Waals surface area contributed by atoms with E-state index in [2.05, 4.69) is 5.32 Å². The molecule has 0 radical (unpaired) electrons. The Bertz CT molecular complexity index is 752. The van der Waals surface area contributed by atoms with E-state index in [4.69, 9.17) is 4.42 Å². The summed E-state index contributed by atoms with van der Waals surface area (Å²) in [4.78, 5) is 26.1. The highest BCUT2D eigenvalue weighted by atomic mass is 32.2. The average molecular weight is 328 g/mol. The second-order valence-electron chi connectivity index (χ2n) is 5.02. The number of carbonyl (C=O) groups excluding carboxylic acids is 2. The van der Waals surface area contributed by atoms with E-state index in [1.807, 2.05) is 43.3 Å². The van der Waals surface area contributed by atoms with Crippen LogP contribution in [0.4, 0.5) is 4.79 Å². The largest absolute Gasteiger partial charge is 0.450 e. The van der Waals surface area contributed by atoms with Gasteiger partial charge in [0, 0.05) is 17.5 Å². The van der Waals surface area contributed by atoms with E-state index < -0.39 is 0 Å². The first-order valence-corrected chi connectivity index (χ1v) is 8.16. The molecular formula is C17H16N2O3S. The summed E-state index contributed by atoms with van der Waals surface area (Å²) in [5.41, 5.74) is 0.245. The molecule has 3 rings (SSSR count). The third-order valence-electron chi connectivity index (χ3n) is 3.26. The van der Waals surface area contributed by atoms with Gasteiger partial charge in [0.15, 0.2) is 5.09 Å². The molecule has 1 saturated heterocycles. The van der Waals surface area contributed by atoms with Crippen LogP contribution in [-0.2, 0) is 4.79 Å². The number of carbonyl (C=O) groups is 2. The Morgan fingerprint density at radius 3 is 2.70 bits per heavy atom.